The quantitative estimate of drug-likeness (QED) is 0.0865. The Bertz CT molecular complexity index is 590. The van der Waals surface area contributed by atoms with E-state index in [0.717, 1.165) is 51.4 Å². The maximum absolute atomic E-state index is 10.7. The third-order valence-electron chi connectivity index (χ3n) is 7.67. The van der Waals surface area contributed by atoms with Crippen molar-refractivity contribution in [1.82, 2.24) is 0 Å². The third-order valence-corrected chi connectivity index (χ3v) is 7.67. The van der Waals surface area contributed by atoms with E-state index in [9.17, 15) is 39.6 Å². The monoisotopic (exact) mass is 698 g/mol. The van der Waals surface area contributed by atoms with E-state index in [1.54, 1.807) is 0 Å². The Morgan fingerprint density at radius 2 is 0.605 bits per heavy atom. The molecule has 0 aromatic heterocycles. The minimum atomic E-state index is -0.961. The summed E-state index contributed by atoms with van der Waals surface area (Å²) in [5, 5.41) is 42.8. The van der Waals surface area contributed by atoms with Crippen molar-refractivity contribution in [2.75, 3.05) is 26.4 Å². The van der Waals surface area contributed by atoms with Crippen molar-refractivity contribution in [2.24, 2.45) is 23.7 Å². The van der Waals surface area contributed by atoms with Gasteiger partial charge in [0.25, 0.3) is 0 Å². The number of hydrogen-bond donors (Lipinski definition) is 0. The van der Waals surface area contributed by atoms with E-state index < -0.39 is 23.9 Å². The molecule has 43 heavy (non-hydrogen) atoms. The van der Waals surface area contributed by atoms with E-state index in [1.807, 2.05) is 27.7 Å². The first-order valence-corrected chi connectivity index (χ1v) is 16.0. The molecule has 250 valence electrons. The van der Waals surface area contributed by atoms with Gasteiger partial charge in [0.05, 0.1) is 0 Å². The predicted octanol–water partition coefficient (Wildman–Crippen LogP) is 1.79. The maximum atomic E-state index is 10.7. The van der Waals surface area contributed by atoms with Crippen molar-refractivity contribution >= 4 is 23.9 Å². The summed E-state index contributed by atoms with van der Waals surface area (Å²) < 4.78 is 10.9. The molecule has 11 heteroatoms. The fraction of sp³-hybridized carbons (Fsp3) is 0.875. The summed E-state index contributed by atoms with van der Waals surface area (Å²) in [6.07, 6.45) is 11.7. The molecular formula is C32H56MoO10. The summed E-state index contributed by atoms with van der Waals surface area (Å²) in [4.78, 5) is 42.8. The van der Waals surface area contributed by atoms with Gasteiger partial charge >= 0.3 is 21.1 Å². The number of carboxylic acid groups (broad SMARTS) is 4. The van der Waals surface area contributed by atoms with Gasteiger partial charge in [-0.25, -0.2) is 0 Å². The SMILES string of the molecule is CCC(CCCCOCCCCC(CC)C(=O)[O-])C(=O)[O-].CCC(CCCCOCCCCC(CC)C(=O)[O-])C(=O)[O-].[Mo+4]. The number of aliphatic carboxylic acids is 4. The molecule has 0 aliphatic rings. The number of rotatable bonds is 28. The van der Waals surface area contributed by atoms with Gasteiger partial charge in [-0.2, -0.15) is 0 Å². The summed E-state index contributed by atoms with van der Waals surface area (Å²) >= 11 is 0. The van der Waals surface area contributed by atoms with Crippen LogP contribution in [0.3, 0.4) is 0 Å². The van der Waals surface area contributed by atoms with E-state index in [1.165, 1.54) is 0 Å². The van der Waals surface area contributed by atoms with Gasteiger partial charge in [-0.3, -0.25) is 0 Å². The van der Waals surface area contributed by atoms with Crippen LogP contribution in [0.5, 0.6) is 0 Å². The molecule has 4 unspecified atom stereocenters. The Morgan fingerprint density at radius 1 is 0.419 bits per heavy atom. The average Bonchev–Trinajstić information content (AvgIpc) is 2.94. The number of unbranched alkanes of at least 4 members (excludes halogenated alkanes) is 4. The summed E-state index contributed by atoms with van der Waals surface area (Å²) in [6, 6.07) is 0. The molecule has 10 nitrogen and oxygen atoms in total. The zero-order chi connectivity index (χ0) is 32.2. The topological polar surface area (TPSA) is 179 Å². The molecule has 0 amide bonds. The summed E-state index contributed by atoms with van der Waals surface area (Å²) in [6.45, 7) is 9.92. The van der Waals surface area contributed by atoms with Crippen molar-refractivity contribution in [3.63, 3.8) is 0 Å². The number of hydrogen-bond acceptors (Lipinski definition) is 10. The van der Waals surface area contributed by atoms with Crippen LogP contribution in [0.1, 0.15) is 130 Å². The van der Waals surface area contributed by atoms with Gasteiger partial charge in [-0.05, 0) is 101 Å². The molecule has 0 fully saturated rings. The van der Waals surface area contributed by atoms with Gasteiger partial charge in [-0.1, -0.05) is 53.4 Å². The number of carbonyl (C=O) groups is 4. The van der Waals surface area contributed by atoms with Gasteiger partial charge in [0.1, 0.15) is 0 Å². The zero-order valence-corrected chi connectivity index (χ0v) is 28.9. The molecule has 0 saturated heterocycles. The van der Waals surface area contributed by atoms with Crippen LogP contribution in [0, 0.1) is 23.7 Å². The van der Waals surface area contributed by atoms with Gasteiger partial charge in [0.15, 0.2) is 0 Å². The Balaban J connectivity index is -0.000000727. The second-order valence-corrected chi connectivity index (χ2v) is 10.9. The molecule has 0 bridgehead atoms. The van der Waals surface area contributed by atoms with E-state index in [4.69, 9.17) is 9.47 Å². The molecule has 4 atom stereocenters. The van der Waals surface area contributed by atoms with Crippen molar-refractivity contribution in [1.29, 1.82) is 0 Å². The number of carbonyl (C=O) groups excluding carboxylic acids is 4. The second kappa shape index (κ2) is 31.9. The van der Waals surface area contributed by atoms with E-state index >= 15 is 0 Å². The van der Waals surface area contributed by atoms with Crippen LogP contribution in [-0.4, -0.2) is 50.3 Å². The molecular weight excluding hydrogens is 640 g/mol. The summed E-state index contributed by atoms with van der Waals surface area (Å²) in [5.41, 5.74) is 0. The predicted molar refractivity (Wildman–Crippen MR) is 152 cm³/mol. The molecule has 0 heterocycles. The Labute approximate surface area is 273 Å². The van der Waals surface area contributed by atoms with Gasteiger partial charge < -0.3 is 49.1 Å². The van der Waals surface area contributed by atoms with Crippen molar-refractivity contribution in [3.05, 3.63) is 0 Å². The van der Waals surface area contributed by atoms with Gasteiger partial charge in [0, 0.05) is 50.3 Å². The molecule has 0 aromatic carbocycles. The van der Waals surface area contributed by atoms with Crippen LogP contribution >= 0.6 is 0 Å². The smallest absolute Gasteiger partial charge is 0.550 e. The molecule has 0 aliphatic heterocycles. The second-order valence-electron chi connectivity index (χ2n) is 10.9. The standard InChI is InChI=1S/2C16H30O5.Mo/c2*1-3-13(15(17)18)9-5-7-11-21-12-8-6-10-14(4-2)16(19)20;/h2*13-14H,3-12H2,1-2H3,(H,17,18)(H,19,20);/q;;+4/p-4. The Morgan fingerprint density at radius 3 is 0.744 bits per heavy atom. The maximum Gasteiger partial charge on any atom is 4.00 e. The van der Waals surface area contributed by atoms with Gasteiger partial charge in [-0.15, -0.1) is 0 Å². The molecule has 0 saturated carbocycles. The zero-order valence-electron chi connectivity index (χ0n) is 26.9. The fourth-order valence-electron chi connectivity index (χ4n) is 4.54. The summed E-state index contributed by atoms with van der Waals surface area (Å²) in [7, 11) is 0. The van der Waals surface area contributed by atoms with Crippen molar-refractivity contribution < 1.29 is 70.1 Å². The molecule has 0 spiro atoms. The van der Waals surface area contributed by atoms with E-state index in [2.05, 4.69) is 0 Å². The average molecular weight is 697 g/mol. The van der Waals surface area contributed by atoms with Crippen LogP contribution < -0.4 is 20.4 Å². The molecule has 0 aliphatic carbocycles. The molecule has 0 N–H and O–H groups in total. The minimum Gasteiger partial charge on any atom is -0.550 e. The molecule has 0 rings (SSSR count). The first kappa shape index (κ1) is 45.9. The molecule has 0 radical (unpaired) electrons. The van der Waals surface area contributed by atoms with Gasteiger partial charge in [0.2, 0.25) is 0 Å². The van der Waals surface area contributed by atoms with Crippen LogP contribution in [0.15, 0.2) is 0 Å². The minimum absolute atomic E-state index is 0. The number of carboxylic acids is 4. The van der Waals surface area contributed by atoms with Crippen LogP contribution in [0.4, 0.5) is 0 Å². The van der Waals surface area contributed by atoms with Crippen molar-refractivity contribution in [3.8, 4) is 0 Å². The van der Waals surface area contributed by atoms with Crippen LogP contribution in [0.2, 0.25) is 0 Å². The molecule has 0 aromatic rings. The largest absolute Gasteiger partial charge is 4.00 e. The van der Waals surface area contributed by atoms with Crippen LogP contribution in [0.25, 0.3) is 0 Å². The first-order chi connectivity index (χ1) is 20.0. The van der Waals surface area contributed by atoms with E-state index in [-0.39, 0.29) is 44.7 Å². The number of ether oxygens (including phenoxy) is 2. The summed E-state index contributed by atoms with van der Waals surface area (Å²) in [5.74, 6) is -5.23. The van der Waals surface area contributed by atoms with Crippen molar-refractivity contribution in [2.45, 2.75) is 130 Å². The first-order valence-electron chi connectivity index (χ1n) is 16.0. The fourth-order valence-corrected chi connectivity index (χ4v) is 4.54. The Kier molecular flexibility index (Phi) is 34.1. The van der Waals surface area contributed by atoms with Crippen LogP contribution in [-0.2, 0) is 49.7 Å². The Hall–Kier alpha value is -1.51. The van der Waals surface area contributed by atoms with E-state index in [0.29, 0.717) is 77.8 Å². The normalized spacial score (nSPS) is 13.5. The third kappa shape index (κ3) is 27.8.